The van der Waals surface area contributed by atoms with E-state index in [0.29, 0.717) is 12.1 Å². The number of carbonyl (C=O) groups excluding carboxylic acids is 1. The van der Waals surface area contributed by atoms with E-state index in [2.05, 4.69) is 9.97 Å². The SMILES string of the molecule is CN(CCCc1nc2ccccc2[nH]1)C(=O)c1ccc([N+](=O)[O-])cc1. The molecule has 0 spiro atoms. The first-order chi connectivity index (χ1) is 12.0. The van der Waals surface area contributed by atoms with Gasteiger partial charge in [-0.15, -0.1) is 0 Å². The lowest BCUT2D eigenvalue weighted by Crippen LogP contribution is -2.28. The minimum atomic E-state index is -0.481. The molecule has 0 bridgehead atoms. The summed E-state index contributed by atoms with van der Waals surface area (Å²) < 4.78 is 0. The minimum Gasteiger partial charge on any atom is -0.342 e. The molecule has 0 radical (unpaired) electrons. The van der Waals surface area contributed by atoms with E-state index in [9.17, 15) is 14.9 Å². The lowest BCUT2D eigenvalue weighted by atomic mass is 10.2. The van der Waals surface area contributed by atoms with Gasteiger partial charge in [0.2, 0.25) is 0 Å². The van der Waals surface area contributed by atoms with Crippen molar-refractivity contribution in [1.82, 2.24) is 14.9 Å². The predicted molar refractivity (Wildman–Crippen MR) is 94.5 cm³/mol. The van der Waals surface area contributed by atoms with Gasteiger partial charge in [-0.25, -0.2) is 4.98 Å². The zero-order valence-electron chi connectivity index (χ0n) is 13.8. The number of hydrogen-bond acceptors (Lipinski definition) is 4. The summed E-state index contributed by atoms with van der Waals surface area (Å²) in [6, 6.07) is 13.5. The van der Waals surface area contributed by atoms with Crippen molar-refractivity contribution in [1.29, 1.82) is 0 Å². The van der Waals surface area contributed by atoms with Gasteiger partial charge >= 0.3 is 0 Å². The first-order valence-corrected chi connectivity index (χ1v) is 7.98. The number of H-pyrrole nitrogens is 1. The molecule has 7 nitrogen and oxygen atoms in total. The second-order valence-corrected chi connectivity index (χ2v) is 5.83. The molecule has 0 aliphatic rings. The van der Waals surface area contributed by atoms with Crippen LogP contribution >= 0.6 is 0 Å². The van der Waals surface area contributed by atoms with Crippen molar-refractivity contribution < 1.29 is 9.72 Å². The second-order valence-electron chi connectivity index (χ2n) is 5.83. The summed E-state index contributed by atoms with van der Waals surface area (Å²) in [6.07, 6.45) is 1.52. The normalized spacial score (nSPS) is 10.8. The molecule has 128 valence electrons. The van der Waals surface area contributed by atoms with E-state index >= 15 is 0 Å². The van der Waals surface area contributed by atoms with Crippen LogP contribution in [-0.4, -0.2) is 39.3 Å². The van der Waals surface area contributed by atoms with Crippen LogP contribution in [0, 0.1) is 10.1 Å². The summed E-state index contributed by atoms with van der Waals surface area (Å²) >= 11 is 0. The third-order valence-electron chi connectivity index (χ3n) is 4.02. The number of nitro benzene ring substituents is 1. The van der Waals surface area contributed by atoms with Gasteiger partial charge in [-0.2, -0.15) is 0 Å². The second kappa shape index (κ2) is 7.12. The Morgan fingerprint density at radius 1 is 1.20 bits per heavy atom. The number of nitro groups is 1. The number of aromatic nitrogens is 2. The zero-order chi connectivity index (χ0) is 17.8. The quantitative estimate of drug-likeness (QED) is 0.552. The Balaban J connectivity index is 1.55. The van der Waals surface area contributed by atoms with Crippen molar-refractivity contribution in [3.63, 3.8) is 0 Å². The number of para-hydroxylation sites is 2. The molecule has 0 unspecified atom stereocenters. The first-order valence-electron chi connectivity index (χ1n) is 7.98. The van der Waals surface area contributed by atoms with Gasteiger partial charge < -0.3 is 9.88 Å². The van der Waals surface area contributed by atoms with Crippen LogP contribution in [0.5, 0.6) is 0 Å². The van der Waals surface area contributed by atoms with Crippen LogP contribution in [0.25, 0.3) is 11.0 Å². The average molecular weight is 338 g/mol. The van der Waals surface area contributed by atoms with Gasteiger partial charge in [-0.05, 0) is 30.7 Å². The summed E-state index contributed by atoms with van der Waals surface area (Å²) in [5.41, 5.74) is 2.36. The highest BCUT2D eigenvalue weighted by Gasteiger charge is 2.13. The average Bonchev–Trinajstić information content (AvgIpc) is 3.03. The fourth-order valence-electron chi connectivity index (χ4n) is 2.66. The van der Waals surface area contributed by atoms with E-state index in [4.69, 9.17) is 0 Å². The summed E-state index contributed by atoms with van der Waals surface area (Å²) in [5, 5.41) is 10.7. The molecule has 3 rings (SSSR count). The molecule has 2 aromatic carbocycles. The summed E-state index contributed by atoms with van der Waals surface area (Å²) in [6.45, 7) is 0.576. The monoisotopic (exact) mass is 338 g/mol. The Kier molecular flexibility index (Phi) is 4.74. The largest absolute Gasteiger partial charge is 0.342 e. The van der Waals surface area contributed by atoms with Gasteiger partial charge in [0.25, 0.3) is 11.6 Å². The fourth-order valence-corrected chi connectivity index (χ4v) is 2.66. The van der Waals surface area contributed by atoms with E-state index in [1.54, 1.807) is 11.9 Å². The smallest absolute Gasteiger partial charge is 0.269 e. The third-order valence-corrected chi connectivity index (χ3v) is 4.02. The minimum absolute atomic E-state index is 0.0240. The molecule has 1 N–H and O–H groups in total. The van der Waals surface area contributed by atoms with Crippen LogP contribution in [-0.2, 0) is 6.42 Å². The fraction of sp³-hybridized carbons (Fsp3) is 0.222. The Hall–Kier alpha value is -3.22. The molecule has 3 aromatic rings. The van der Waals surface area contributed by atoms with Crippen molar-refractivity contribution in [2.24, 2.45) is 0 Å². The molecule has 1 aromatic heterocycles. The molecule has 0 aliphatic heterocycles. The highest BCUT2D eigenvalue weighted by Crippen LogP contribution is 2.14. The molecule has 0 saturated carbocycles. The summed E-state index contributed by atoms with van der Waals surface area (Å²) in [4.78, 5) is 31.9. The molecule has 1 heterocycles. The predicted octanol–water partition coefficient (Wildman–Crippen LogP) is 3.18. The van der Waals surface area contributed by atoms with Crippen LogP contribution in [0.2, 0.25) is 0 Å². The molecule has 0 aliphatic carbocycles. The molecule has 0 atom stereocenters. The maximum absolute atomic E-state index is 12.3. The van der Waals surface area contributed by atoms with E-state index in [1.165, 1.54) is 24.3 Å². The van der Waals surface area contributed by atoms with Crippen molar-refractivity contribution in [2.45, 2.75) is 12.8 Å². The van der Waals surface area contributed by atoms with Crippen LogP contribution in [0.3, 0.4) is 0 Å². The Morgan fingerprint density at radius 3 is 2.60 bits per heavy atom. The van der Waals surface area contributed by atoms with Crippen molar-refractivity contribution in [3.8, 4) is 0 Å². The lowest BCUT2D eigenvalue weighted by Gasteiger charge is -2.16. The van der Waals surface area contributed by atoms with Gasteiger partial charge in [-0.3, -0.25) is 14.9 Å². The molecule has 1 amide bonds. The summed E-state index contributed by atoms with van der Waals surface area (Å²) in [7, 11) is 1.72. The van der Waals surface area contributed by atoms with Gasteiger partial charge in [0.15, 0.2) is 0 Å². The number of rotatable bonds is 6. The van der Waals surface area contributed by atoms with E-state index in [0.717, 1.165) is 29.7 Å². The molecule has 7 heteroatoms. The number of non-ortho nitro benzene ring substituents is 1. The maximum atomic E-state index is 12.3. The highest BCUT2D eigenvalue weighted by molar-refractivity contribution is 5.94. The number of benzene rings is 2. The number of fused-ring (bicyclic) bond motifs is 1. The van der Waals surface area contributed by atoms with Crippen LogP contribution in [0.15, 0.2) is 48.5 Å². The van der Waals surface area contributed by atoms with Crippen molar-refractivity contribution >= 4 is 22.6 Å². The molecular weight excluding hydrogens is 320 g/mol. The van der Waals surface area contributed by atoms with E-state index < -0.39 is 4.92 Å². The standard InChI is InChI=1S/C18H18N4O3/c1-21(18(23)13-8-10-14(11-9-13)22(24)25)12-4-7-17-19-15-5-2-3-6-16(15)20-17/h2-3,5-6,8-11H,4,7,12H2,1H3,(H,19,20). The molecule has 0 saturated heterocycles. The molecular formula is C18H18N4O3. The van der Waals surface area contributed by atoms with E-state index in [-0.39, 0.29) is 11.6 Å². The number of imidazole rings is 1. The Morgan fingerprint density at radius 2 is 1.92 bits per heavy atom. The van der Waals surface area contributed by atoms with Gasteiger partial charge in [0.05, 0.1) is 16.0 Å². The van der Waals surface area contributed by atoms with Gasteiger partial charge in [0.1, 0.15) is 5.82 Å². The highest BCUT2D eigenvalue weighted by atomic mass is 16.6. The van der Waals surface area contributed by atoms with Gasteiger partial charge in [0, 0.05) is 37.7 Å². The Bertz CT molecular complexity index is 869. The maximum Gasteiger partial charge on any atom is 0.269 e. The number of aryl methyl sites for hydroxylation is 1. The lowest BCUT2D eigenvalue weighted by molar-refractivity contribution is -0.384. The van der Waals surface area contributed by atoms with Crippen molar-refractivity contribution in [3.05, 3.63) is 70.0 Å². The summed E-state index contributed by atoms with van der Waals surface area (Å²) in [5.74, 6) is 0.747. The number of nitrogens with zero attached hydrogens (tertiary/aromatic N) is 3. The number of carbonyl (C=O) groups is 1. The number of nitrogens with one attached hydrogen (secondary N) is 1. The molecule has 0 fully saturated rings. The van der Waals surface area contributed by atoms with Crippen LogP contribution in [0.4, 0.5) is 5.69 Å². The number of hydrogen-bond donors (Lipinski definition) is 1. The first kappa shape index (κ1) is 16.6. The van der Waals surface area contributed by atoms with E-state index in [1.807, 2.05) is 24.3 Å². The Labute approximate surface area is 144 Å². The van der Waals surface area contributed by atoms with Gasteiger partial charge in [-0.1, -0.05) is 12.1 Å². The number of amides is 1. The zero-order valence-corrected chi connectivity index (χ0v) is 13.8. The van der Waals surface area contributed by atoms with Crippen LogP contribution < -0.4 is 0 Å². The number of aromatic amines is 1. The third kappa shape index (κ3) is 3.82. The topological polar surface area (TPSA) is 92.1 Å². The molecule has 25 heavy (non-hydrogen) atoms. The van der Waals surface area contributed by atoms with Crippen molar-refractivity contribution in [2.75, 3.05) is 13.6 Å². The van der Waals surface area contributed by atoms with Crippen LogP contribution in [0.1, 0.15) is 22.6 Å².